The van der Waals surface area contributed by atoms with Crippen molar-refractivity contribution >= 4 is 73.8 Å². The number of sulfonamides is 1. The number of halogens is 11. The highest BCUT2D eigenvalue weighted by atomic mass is 35.5. The van der Waals surface area contributed by atoms with Crippen molar-refractivity contribution in [3.8, 4) is 16.9 Å². The highest BCUT2D eigenvalue weighted by molar-refractivity contribution is 7.93. The molecule has 3 aromatic carbocycles. The Hall–Kier alpha value is -6.66. The van der Waals surface area contributed by atoms with E-state index < -0.39 is 191 Å². The number of carboxylic acids is 1. The van der Waals surface area contributed by atoms with Crippen molar-refractivity contribution in [2.24, 2.45) is 5.92 Å². The number of alkyl halides is 8. The minimum absolute atomic E-state index is 0.00920. The molecule has 8 rings (SSSR count). The molecule has 0 radical (unpaired) electrons. The number of anilines is 1. The third-order valence-electron chi connectivity index (χ3n) is 14.8. The van der Waals surface area contributed by atoms with E-state index in [0.29, 0.717) is 12.3 Å². The van der Waals surface area contributed by atoms with Gasteiger partial charge in [0.2, 0.25) is 21.8 Å². The zero-order valence-electron chi connectivity index (χ0n) is 46.2. The lowest BCUT2D eigenvalue weighted by Crippen LogP contribution is -2.40. The Labute approximate surface area is 488 Å². The fourth-order valence-corrected chi connectivity index (χ4v) is 12.9. The number of benzene rings is 3. The molecule has 3 aromatic heterocycles. The molecule has 1 saturated carbocycles. The smallest absolute Gasteiger partial charge is 0.481 e. The van der Waals surface area contributed by atoms with Gasteiger partial charge in [-0.1, -0.05) is 43.6 Å². The first-order chi connectivity index (χ1) is 39.3. The number of carbonyl (C=O) groups is 3. The molecule has 2 aliphatic carbocycles. The van der Waals surface area contributed by atoms with Crippen LogP contribution in [0.3, 0.4) is 0 Å². The average molecular weight is 1300 g/mol. The van der Waals surface area contributed by atoms with Crippen LogP contribution in [-0.4, -0.2) is 97.5 Å². The summed E-state index contributed by atoms with van der Waals surface area (Å²) in [5.41, 5.74) is -7.94. The number of rotatable bonds is 21. The van der Waals surface area contributed by atoms with Gasteiger partial charge >= 0.3 is 26.1 Å². The van der Waals surface area contributed by atoms with Crippen LogP contribution < -0.4 is 14.1 Å². The number of phosphoric acid groups is 1. The molecule has 0 saturated heterocycles. The summed E-state index contributed by atoms with van der Waals surface area (Å²) in [5, 5.41) is 18.4. The van der Waals surface area contributed by atoms with Gasteiger partial charge < -0.3 is 14.9 Å². The molecule has 0 aliphatic heterocycles. The first kappa shape index (κ1) is 65.3. The quantitative estimate of drug-likeness (QED) is 0.0386. The van der Waals surface area contributed by atoms with Crippen LogP contribution in [0, 0.1) is 24.5 Å². The topological polar surface area (TPSA) is 270 Å². The zero-order chi connectivity index (χ0) is 64.1. The third kappa shape index (κ3) is 13.7. The average Bonchev–Trinajstić information content (AvgIpc) is 1.52. The van der Waals surface area contributed by atoms with Gasteiger partial charge in [0.1, 0.15) is 36.2 Å². The number of phosphoric ester groups is 1. The number of carbonyl (C=O) groups excluding carboxylic acids is 2. The maximum Gasteiger partial charge on any atom is 0.524 e. The predicted molar refractivity (Wildman–Crippen MR) is 289 cm³/mol. The molecule has 466 valence electrons. The molecule has 33 heteroatoms. The number of aromatic nitrogens is 5. The second-order valence-electron chi connectivity index (χ2n) is 22.6. The molecule has 6 aromatic rings. The van der Waals surface area contributed by atoms with Crippen LogP contribution in [0.15, 0.2) is 54.6 Å². The Bertz CT molecular complexity index is 4040. The molecule has 19 nitrogen and oxygen atoms in total. The lowest BCUT2D eigenvalue weighted by molar-refractivity contribution is -0.143. The fraction of sp³-hybridized carbons (Fsp3) is 0.434. The highest BCUT2D eigenvalue weighted by Gasteiger charge is 2.68. The van der Waals surface area contributed by atoms with Crippen molar-refractivity contribution in [2.45, 2.75) is 127 Å². The number of nitrogens with one attached hydrogen (secondary N) is 1. The summed E-state index contributed by atoms with van der Waals surface area (Å²) in [7, 11) is -14.3. The molecule has 0 spiro atoms. The van der Waals surface area contributed by atoms with Crippen LogP contribution in [0.5, 0.6) is 5.75 Å². The van der Waals surface area contributed by atoms with Crippen molar-refractivity contribution in [3.63, 3.8) is 0 Å². The minimum Gasteiger partial charge on any atom is -0.481 e. The second kappa shape index (κ2) is 22.5. The normalized spacial score (nSPS) is 16.7. The number of fused-ring (bicyclic) bond motifs is 4. The van der Waals surface area contributed by atoms with Crippen molar-refractivity contribution in [1.29, 1.82) is 0 Å². The number of hydrogen-bond acceptors (Lipinski definition) is 12. The Kier molecular flexibility index (Phi) is 17.1. The van der Waals surface area contributed by atoms with Gasteiger partial charge in [0, 0.05) is 58.0 Å². The number of aliphatic carboxylic acids is 1. The molecule has 2 amide bonds. The lowest BCUT2D eigenvalue weighted by atomic mass is 9.77. The number of sulfone groups is 1. The van der Waals surface area contributed by atoms with E-state index in [2.05, 4.69) is 15.5 Å². The molecule has 3 atom stereocenters. The largest absolute Gasteiger partial charge is 0.524 e. The van der Waals surface area contributed by atoms with Crippen LogP contribution in [0.25, 0.3) is 22.0 Å². The van der Waals surface area contributed by atoms with Gasteiger partial charge in [-0.3, -0.25) is 38.5 Å². The summed E-state index contributed by atoms with van der Waals surface area (Å²) in [6.45, 7) is 3.25. The van der Waals surface area contributed by atoms with Crippen LogP contribution in [0.4, 0.5) is 49.7 Å². The van der Waals surface area contributed by atoms with Gasteiger partial charge in [-0.2, -0.15) is 49.6 Å². The summed E-state index contributed by atoms with van der Waals surface area (Å²) in [4.78, 5) is 65.7. The highest BCUT2D eigenvalue weighted by Crippen LogP contribution is 2.68. The van der Waals surface area contributed by atoms with Gasteiger partial charge in [-0.05, 0) is 99.4 Å². The first-order valence-corrected chi connectivity index (χ1v) is 31.3. The van der Waals surface area contributed by atoms with E-state index in [4.69, 9.17) is 21.1 Å². The summed E-state index contributed by atoms with van der Waals surface area (Å²) >= 11 is 6.80. The van der Waals surface area contributed by atoms with Crippen LogP contribution >= 0.6 is 19.4 Å². The maximum atomic E-state index is 15.7. The SMILES string of the molecule is Cc1cc(CC(=O)O)c(C(C)(C)CC(=O)N(c2nn(CC(F)(F)F)c3c(-c4ccc(CCC(C)(C)S(C)(=O)=O)nc4[C@H](Cc4cc(F)cc(F)c4)NC(=O)Cn4nc(C(F)(F)F)c5c4C(F)(F)C4CC54)ccc(Cl)c23)S(C)(=O)=O)c(OP(=O)(O)O)c1. The van der Waals surface area contributed by atoms with Crippen LogP contribution in [0.1, 0.15) is 110 Å². The minimum atomic E-state index is -5.45. The molecule has 0 bridgehead atoms. The predicted octanol–water partition coefficient (Wildman–Crippen LogP) is 9.94. The van der Waals surface area contributed by atoms with Gasteiger partial charge in [-0.15, -0.1) is 0 Å². The number of pyridine rings is 1. The third-order valence-corrected chi connectivity index (χ3v) is 18.8. The fourth-order valence-electron chi connectivity index (χ4n) is 10.9. The van der Waals surface area contributed by atoms with E-state index in [1.807, 2.05) is 0 Å². The molecule has 2 aliphatic rings. The van der Waals surface area contributed by atoms with E-state index in [1.54, 1.807) is 0 Å². The van der Waals surface area contributed by atoms with Gasteiger partial charge in [0.05, 0.1) is 45.1 Å². The molecule has 86 heavy (non-hydrogen) atoms. The molecular weight excluding hydrogens is 1250 g/mol. The zero-order valence-corrected chi connectivity index (χ0v) is 49.5. The molecule has 2 unspecified atom stereocenters. The summed E-state index contributed by atoms with van der Waals surface area (Å²) in [6, 6.07) is 7.21. The molecule has 4 N–H and O–H groups in total. The van der Waals surface area contributed by atoms with Crippen molar-refractivity contribution in [3.05, 3.63) is 122 Å². The number of hydrogen-bond donors (Lipinski definition) is 4. The van der Waals surface area contributed by atoms with Gasteiger partial charge in [0.25, 0.3) is 5.92 Å². The van der Waals surface area contributed by atoms with Crippen LogP contribution in [-0.2, 0) is 88.7 Å². The molecule has 1 fully saturated rings. The molecular formula is C53H53ClF10N7O12PS2. The maximum absolute atomic E-state index is 15.7. The summed E-state index contributed by atoms with van der Waals surface area (Å²) in [5.74, 6) is -15.0. The Morgan fingerprint density at radius 3 is 2.12 bits per heavy atom. The number of carboxylic acid groups (broad SMARTS) is 1. The van der Waals surface area contributed by atoms with Crippen molar-refractivity contribution in [2.75, 3.05) is 16.8 Å². The standard InChI is InChI=1S/C53H53ClF10N7O12PS2/c1-25-14-27(19-40(74)75)43(37(15-25)83-84(76,77)78)49(2,3)22-39(73)71(86(7,81)82)48-42-35(54)11-10-32(45(42)70(68-48)24-51(57,58)59)31-9-8-30(12-13-50(4,5)85(6,79)80)65-44(31)36(18-26-16-28(55)20-29(56)17-26)66-38(72)23-69-47-41(46(67-69)53(62,63)64)33-21-34(33)52(47,60)61/h8-11,14-17,20,33-34,36H,12-13,18-19,21-24H2,1-7H3,(H,66,72)(H,74,75)(H2,76,77,78)/t33?,34?,36-/m0/s1. The summed E-state index contributed by atoms with van der Waals surface area (Å²) < 4.78 is 219. The second-order valence-corrected chi connectivity index (χ2v) is 28.6. The monoisotopic (exact) mass is 1300 g/mol. The van der Waals surface area contributed by atoms with Gasteiger partial charge in [-0.25, -0.2) is 30.2 Å². The Morgan fingerprint density at radius 1 is 0.919 bits per heavy atom. The van der Waals surface area contributed by atoms with Gasteiger partial charge in [0.15, 0.2) is 21.3 Å². The van der Waals surface area contributed by atoms with Crippen molar-refractivity contribution < 1.29 is 99.1 Å². The Balaban J connectivity index is 1.34. The first-order valence-electron chi connectivity index (χ1n) is 25.7. The van der Waals surface area contributed by atoms with E-state index in [9.17, 15) is 77.0 Å². The van der Waals surface area contributed by atoms with E-state index in [0.717, 1.165) is 36.6 Å². The lowest BCUT2D eigenvalue weighted by Gasteiger charge is -2.31. The van der Waals surface area contributed by atoms with E-state index in [1.165, 1.54) is 52.8 Å². The number of amides is 2. The Morgan fingerprint density at radius 2 is 1.55 bits per heavy atom. The number of nitrogens with zero attached hydrogens (tertiary/aromatic N) is 6. The number of aryl methyl sites for hydroxylation is 2. The van der Waals surface area contributed by atoms with E-state index in [-0.39, 0.29) is 66.4 Å². The van der Waals surface area contributed by atoms with Crippen LogP contribution in [0.2, 0.25) is 5.02 Å². The van der Waals surface area contributed by atoms with Crippen molar-refractivity contribution in [1.82, 2.24) is 29.9 Å². The summed E-state index contributed by atoms with van der Waals surface area (Å²) in [6.07, 6.45) is -12.4. The molecule has 3 heterocycles. The van der Waals surface area contributed by atoms with E-state index >= 15 is 17.6 Å².